The maximum absolute atomic E-state index is 12.2. The minimum absolute atomic E-state index is 0.0734. The summed E-state index contributed by atoms with van der Waals surface area (Å²) in [4.78, 5) is 18.3. The Morgan fingerprint density at radius 1 is 1.35 bits per heavy atom. The molecular formula is C14H26N4O2. The van der Waals surface area contributed by atoms with Crippen LogP contribution in [-0.2, 0) is 4.79 Å². The molecule has 1 N–H and O–H groups in total. The normalized spacial score (nSPS) is 20.1. The fourth-order valence-corrected chi connectivity index (χ4v) is 2.51. The lowest BCUT2D eigenvalue weighted by Crippen LogP contribution is -2.54. The molecule has 2 atom stereocenters. The van der Waals surface area contributed by atoms with E-state index in [-0.39, 0.29) is 18.1 Å². The largest absolute Gasteiger partial charge is 0.392 e. The second-order valence-electron chi connectivity index (χ2n) is 5.53. The van der Waals surface area contributed by atoms with Crippen molar-refractivity contribution in [3.05, 3.63) is 0 Å². The van der Waals surface area contributed by atoms with Gasteiger partial charge in [0.1, 0.15) is 0 Å². The van der Waals surface area contributed by atoms with Crippen LogP contribution in [0.2, 0.25) is 0 Å². The number of amides is 1. The average Bonchev–Trinajstić information content (AvgIpc) is 2.43. The van der Waals surface area contributed by atoms with Gasteiger partial charge < -0.3 is 10.0 Å². The molecule has 0 saturated carbocycles. The van der Waals surface area contributed by atoms with Crippen molar-refractivity contribution < 1.29 is 9.90 Å². The first kappa shape index (κ1) is 16.9. The molecule has 0 bridgehead atoms. The number of aliphatic hydroxyl groups excluding tert-OH is 1. The maximum atomic E-state index is 12.2. The fraction of sp³-hybridized carbons (Fsp3) is 0.857. The Morgan fingerprint density at radius 3 is 2.45 bits per heavy atom. The van der Waals surface area contributed by atoms with Crippen LogP contribution in [0.3, 0.4) is 0 Å². The molecule has 1 fully saturated rings. The van der Waals surface area contributed by atoms with Crippen LogP contribution in [-0.4, -0.2) is 84.2 Å². The lowest BCUT2D eigenvalue weighted by atomic mass is 10.2. The third kappa shape index (κ3) is 5.08. The first-order valence-corrected chi connectivity index (χ1v) is 7.22. The van der Waals surface area contributed by atoms with Crippen LogP contribution in [0.5, 0.6) is 0 Å². The van der Waals surface area contributed by atoms with E-state index in [0.29, 0.717) is 19.5 Å². The van der Waals surface area contributed by atoms with Gasteiger partial charge in [0.2, 0.25) is 5.91 Å². The summed E-state index contributed by atoms with van der Waals surface area (Å²) in [6, 6.07) is 1.91. The van der Waals surface area contributed by atoms with Crippen molar-refractivity contribution >= 4 is 5.91 Å². The number of likely N-dealkylation sites (N-methyl/N-ethyl adjacent to an activating group) is 1. The van der Waals surface area contributed by atoms with Crippen molar-refractivity contribution in [2.24, 2.45) is 0 Å². The Balaban J connectivity index is 2.40. The summed E-state index contributed by atoms with van der Waals surface area (Å²) >= 11 is 0. The number of aliphatic hydroxyl groups is 1. The van der Waals surface area contributed by atoms with Crippen LogP contribution in [0.1, 0.15) is 20.3 Å². The van der Waals surface area contributed by atoms with Crippen molar-refractivity contribution in [2.75, 3.05) is 46.3 Å². The molecule has 0 aromatic heterocycles. The monoisotopic (exact) mass is 282 g/mol. The molecule has 0 radical (unpaired) electrons. The lowest BCUT2D eigenvalue weighted by molar-refractivity contribution is -0.135. The Kier molecular flexibility index (Phi) is 6.93. The van der Waals surface area contributed by atoms with Crippen molar-refractivity contribution in [3.63, 3.8) is 0 Å². The molecule has 0 spiro atoms. The van der Waals surface area contributed by atoms with E-state index in [1.54, 1.807) is 18.9 Å². The van der Waals surface area contributed by atoms with Gasteiger partial charge in [-0.1, -0.05) is 0 Å². The number of β-amino-alcohol motifs (C(OH)–C–C–N with tert-alkyl or cyclic N) is 1. The molecule has 114 valence electrons. The molecule has 1 heterocycles. The Labute approximate surface area is 121 Å². The highest BCUT2D eigenvalue weighted by atomic mass is 16.3. The molecule has 1 aliphatic rings. The molecule has 1 saturated heterocycles. The number of rotatable bonds is 6. The minimum Gasteiger partial charge on any atom is -0.392 e. The van der Waals surface area contributed by atoms with Gasteiger partial charge >= 0.3 is 0 Å². The smallest absolute Gasteiger partial charge is 0.239 e. The van der Waals surface area contributed by atoms with Gasteiger partial charge in [-0.05, 0) is 13.8 Å². The molecule has 6 nitrogen and oxygen atoms in total. The zero-order valence-corrected chi connectivity index (χ0v) is 12.7. The van der Waals surface area contributed by atoms with Gasteiger partial charge in [0.05, 0.1) is 24.6 Å². The zero-order chi connectivity index (χ0) is 15.1. The van der Waals surface area contributed by atoms with Gasteiger partial charge in [0.15, 0.2) is 0 Å². The van der Waals surface area contributed by atoms with E-state index in [1.165, 1.54) is 0 Å². The molecule has 1 aliphatic heterocycles. The van der Waals surface area contributed by atoms with Crippen LogP contribution in [0, 0.1) is 11.3 Å². The molecule has 0 unspecified atom stereocenters. The number of piperazine rings is 1. The first-order chi connectivity index (χ1) is 9.45. The van der Waals surface area contributed by atoms with Gasteiger partial charge in [0, 0.05) is 46.3 Å². The maximum Gasteiger partial charge on any atom is 0.239 e. The van der Waals surface area contributed by atoms with Gasteiger partial charge in [-0.2, -0.15) is 5.26 Å². The second-order valence-corrected chi connectivity index (χ2v) is 5.53. The zero-order valence-electron chi connectivity index (χ0n) is 12.7. The SMILES string of the molecule is C[C@H](O)CN1CCN([C@H](C)C(=O)N(C)CCC#N)CC1. The van der Waals surface area contributed by atoms with Gasteiger partial charge in [-0.3, -0.25) is 14.6 Å². The third-order valence-corrected chi connectivity index (χ3v) is 3.77. The molecule has 0 aliphatic carbocycles. The summed E-state index contributed by atoms with van der Waals surface area (Å²) in [5.74, 6) is 0.0734. The Hall–Kier alpha value is -1.16. The number of nitrogens with zero attached hydrogens (tertiary/aromatic N) is 4. The molecule has 1 rings (SSSR count). The summed E-state index contributed by atoms with van der Waals surface area (Å²) in [6.07, 6.45) is 0.0645. The third-order valence-electron chi connectivity index (χ3n) is 3.77. The summed E-state index contributed by atoms with van der Waals surface area (Å²) < 4.78 is 0. The standard InChI is InChI=1S/C14H26N4O2/c1-12(19)11-17-7-9-18(10-8-17)13(2)14(20)16(3)6-4-5-15/h12-13,19H,4,6-11H2,1-3H3/t12-,13+/m0/s1. The lowest BCUT2D eigenvalue weighted by Gasteiger charge is -2.38. The Bertz CT molecular complexity index is 346. The van der Waals surface area contributed by atoms with Crippen molar-refractivity contribution in [1.82, 2.24) is 14.7 Å². The molecule has 0 aromatic carbocycles. The molecule has 6 heteroatoms. The molecule has 20 heavy (non-hydrogen) atoms. The fourth-order valence-electron chi connectivity index (χ4n) is 2.51. The van der Waals surface area contributed by atoms with Crippen molar-refractivity contribution in [1.29, 1.82) is 5.26 Å². The summed E-state index contributed by atoms with van der Waals surface area (Å²) in [5.41, 5.74) is 0. The molecule has 1 amide bonds. The quantitative estimate of drug-likeness (QED) is 0.727. The topological polar surface area (TPSA) is 70.8 Å². The van der Waals surface area contributed by atoms with Crippen LogP contribution < -0.4 is 0 Å². The van der Waals surface area contributed by atoms with E-state index in [2.05, 4.69) is 15.9 Å². The summed E-state index contributed by atoms with van der Waals surface area (Å²) in [6.45, 7) is 8.34. The van der Waals surface area contributed by atoms with Crippen LogP contribution in [0.4, 0.5) is 0 Å². The Morgan fingerprint density at radius 2 is 1.95 bits per heavy atom. The number of hydrogen-bond acceptors (Lipinski definition) is 5. The average molecular weight is 282 g/mol. The molecular weight excluding hydrogens is 256 g/mol. The van der Waals surface area contributed by atoms with Gasteiger partial charge in [-0.25, -0.2) is 0 Å². The van der Waals surface area contributed by atoms with E-state index in [4.69, 9.17) is 5.26 Å². The predicted molar refractivity (Wildman–Crippen MR) is 77.0 cm³/mol. The minimum atomic E-state index is -0.308. The van der Waals surface area contributed by atoms with Crippen LogP contribution in [0.25, 0.3) is 0 Å². The number of carbonyl (C=O) groups is 1. The second kappa shape index (κ2) is 8.20. The summed E-state index contributed by atoms with van der Waals surface area (Å²) in [7, 11) is 1.75. The van der Waals surface area contributed by atoms with Gasteiger partial charge in [0.25, 0.3) is 0 Å². The van der Waals surface area contributed by atoms with E-state index in [1.807, 2.05) is 6.92 Å². The number of nitriles is 1. The van der Waals surface area contributed by atoms with E-state index in [0.717, 1.165) is 26.2 Å². The number of hydrogen-bond donors (Lipinski definition) is 1. The van der Waals surface area contributed by atoms with E-state index < -0.39 is 0 Å². The van der Waals surface area contributed by atoms with E-state index >= 15 is 0 Å². The highest BCUT2D eigenvalue weighted by Crippen LogP contribution is 2.09. The molecule has 0 aromatic rings. The van der Waals surface area contributed by atoms with Gasteiger partial charge in [-0.15, -0.1) is 0 Å². The highest BCUT2D eigenvalue weighted by Gasteiger charge is 2.27. The van der Waals surface area contributed by atoms with Crippen molar-refractivity contribution in [2.45, 2.75) is 32.4 Å². The summed E-state index contributed by atoms with van der Waals surface area (Å²) in [5, 5.41) is 17.9. The van der Waals surface area contributed by atoms with Crippen molar-refractivity contribution in [3.8, 4) is 6.07 Å². The first-order valence-electron chi connectivity index (χ1n) is 7.22. The predicted octanol–water partition coefficient (Wildman–Crippen LogP) is -0.255. The van der Waals surface area contributed by atoms with Crippen LogP contribution >= 0.6 is 0 Å². The van der Waals surface area contributed by atoms with Crippen LogP contribution in [0.15, 0.2) is 0 Å². The highest BCUT2D eigenvalue weighted by molar-refractivity contribution is 5.81. The van der Waals surface area contributed by atoms with E-state index in [9.17, 15) is 9.90 Å². The number of carbonyl (C=O) groups excluding carboxylic acids is 1.